The summed E-state index contributed by atoms with van der Waals surface area (Å²) < 4.78 is 0. The van der Waals surface area contributed by atoms with E-state index in [2.05, 4.69) is 5.32 Å². The van der Waals surface area contributed by atoms with E-state index in [0.29, 0.717) is 11.3 Å². The van der Waals surface area contributed by atoms with Crippen LogP contribution in [0.3, 0.4) is 0 Å². The molecule has 1 aromatic carbocycles. The molecule has 0 saturated carbocycles. The molecule has 0 saturated heterocycles. The van der Waals surface area contributed by atoms with Crippen LogP contribution in [0.4, 0.5) is 10.5 Å². The number of Topliss-reactive ketones (excluding diaryl/α,β-unsaturated/α-hetero) is 1. The second kappa shape index (κ2) is 5.82. The van der Waals surface area contributed by atoms with Crippen molar-refractivity contribution in [1.82, 2.24) is 4.90 Å². The molecule has 18 heavy (non-hydrogen) atoms. The lowest BCUT2D eigenvalue weighted by atomic mass is 10.1. The number of rotatable bonds is 3. The molecule has 0 aliphatic rings. The average molecular weight is 245 g/mol. The third-order valence-corrected chi connectivity index (χ3v) is 2.63. The fraction of sp³-hybridized carbons (Fsp3) is 0.308. The normalized spacial score (nSPS) is 11.2. The lowest BCUT2D eigenvalue weighted by Gasteiger charge is -2.19. The summed E-state index contributed by atoms with van der Waals surface area (Å²) in [5, 5.41) is 11.4. The van der Waals surface area contributed by atoms with Crippen LogP contribution in [0.1, 0.15) is 24.2 Å². The number of carbonyl (C=O) groups is 2. The molecule has 0 heterocycles. The maximum absolute atomic E-state index is 11.7. The first kappa shape index (κ1) is 13.7. The van der Waals surface area contributed by atoms with Gasteiger partial charge in [-0.1, -0.05) is 0 Å². The van der Waals surface area contributed by atoms with Crippen molar-refractivity contribution >= 4 is 17.5 Å². The summed E-state index contributed by atoms with van der Waals surface area (Å²) in [6.45, 7) is 3.12. The predicted octanol–water partition coefficient (Wildman–Crippen LogP) is 2.26. The first-order valence-corrected chi connectivity index (χ1v) is 5.50. The number of nitrogens with zero attached hydrogens (tertiary/aromatic N) is 2. The Balaban J connectivity index is 2.71. The van der Waals surface area contributed by atoms with Crippen LogP contribution in [-0.4, -0.2) is 29.8 Å². The molecular weight excluding hydrogens is 230 g/mol. The number of amides is 2. The Morgan fingerprint density at radius 3 is 2.33 bits per heavy atom. The van der Waals surface area contributed by atoms with Crippen LogP contribution < -0.4 is 5.32 Å². The smallest absolute Gasteiger partial charge is 0.312 e. The summed E-state index contributed by atoms with van der Waals surface area (Å²) in [4.78, 5) is 24.1. The molecule has 0 spiro atoms. The third kappa shape index (κ3) is 3.32. The minimum atomic E-state index is -0.499. The summed E-state index contributed by atoms with van der Waals surface area (Å²) >= 11 is 0. The maximum atomic E-state index is 11.7. The number of carbonyl (C=O) groups excluding carboxylic acids is 2. The van der Waals surface area contributed by atoms with Crippen LogP contribution in [0.15, 0.2) is 24.3 Å². The van der Waals surface area contributed by atoms with Crippen LogP contribution in [0.25, 0.3) is 0 Å². The second-order valence-electron chi connectivity index (χ2n) is 3.98. The van der Waals surface area contributed by atoms with Crippen molar-refractivity contribution in [2.75, 3.05) is 12.4 Å². The molecule has 0 aromatic heterocycles. The minimum Gasteiger partial charge on any atom is -0.312 e. The van der Waals surface area contributed by atoms with Crippen molar-refractivity contribution in [3.05, 3.63) is 29.8 Å². The molecular formula is C13H15N3O2. The van der Waals surface area contributed by atoms with E-state index in [1.54, 1.807) is 38.2 Å². The van der Waals surface area contributed by atoms with Crippen LogP contribution in [0.5, 0.6) is 0 Å². The number of anilines is 1. The first-order valence-electron chi connectivity index (χ1n) is 5.50. The summed E-state index contributed by atoms with van der Waals surface area (Å²) in [7, 11) is 1.55. The van der Waals surface area contributed by atoms with Gasteiger partial charge in [0, 0.05) is 18.3 Å². The van der Waals surface area contributed by atoms with E-state index in [1.165, 1.54) is 11.8 Å². The SMILES string of the molecule is CC(=O)c1ccc(NC(=O)N(C)C(C)C#N)cc1. The monoisotopic (exact) mass is 245 g/mol. The second-order valence-corrected chi connectivity index (χ2v) is 3.98. The van der Waals surface area contributed by atoms with Crippen molar-refractivity contribution in [2.45, 2.75) is 19.9 Å². The molecule has 5 heteroatoms. The van der Waals surface area contributed by atoms with Crippen molar-refractivity contribution < 1.29 is 9.59 Å². The number of nitriles is 1. The zero-order valence-corrected chi connectivity index (χ0v) is 10.6. The Hall–Kier alpha value is -2.35. The van der Waals surface area contributed by atoms with E-state index in [0.717, 1.165) is 0 Å². The standard InChI is InChI=1S/C13H15N3O2/c1-9(8-14)16(3)13(18)15-12-6-4-11(5-7-12)10(2)17/h4-7,9H,1-3H3,(H,15,18). The van der Waals surface area contributed by atoms with E-state index in [1.807, 2.05) is 6.07 Å². The zero-order chi connectivity index (χ0) is 13.7. The summed E-state index contributed by atoms with van der Waals surface area (Å²) in [6, 6.07) is 7.71. The maximum Gasteiger partial charge on any atom is 0.322 e. The van der Waals surface area contributed by atoms with Gasteiger partial charge >= 0.3 is 6.03 Å². The summed E-state index contributed by atoms with van der Waals surface area (Å²) in [5.41, 5.74) is 1.17. The van der Waals surface area contributed by atoms with Gasteiger partial charge in [0.05, 0.1) is 6.07 Å². The number of nitrogens with one attached hydrogen (secondary N) is 1. The number of hydrogen-bond donors (Lipinski definition) is 1. The number of urea groups is 1. The summed E-state index contributed by atoms with van der Waals surface area (Å²) in [6.07, 6.45) is 0. The highest BCUT2D eigenvalue weighted by Gasteiger charge is 2.14. The topological polar surface area (TPSA) is 73.2 Å². The molecule has 0 aliphatic carbocycles. The molecule has 1 aromatic rings. The Kier molecular flexibility index (Phi) is 4.44. The highest BCUT2D eigenvalue weighted by atomic mass is 16.2. The van der Waals surface area contributed by atoms with E-state index in [-0.39, 0.29) is 11.8 Å². The Morgan fingerprint density at radius 2 is 1.89 bits per heavy atom. The number of hydrogen-bond acceptors (Lipinski definition) is 3. The molecule has 1 N–H and O–H groups in total. The first-order chi connectivity index (χ1) is 8.45. The minimum absolute atomic E-state index is 0.0249. The molecule has 0 aliphatic heterocycles. The van der Waals surface area contributed by atoms with Gasteiger partial charge in [0.1, 0.15) is 6.04 Å². The van der Waals surface area contributed by atoms with Gasteiger partial charge in [-0.3, -0.25) is 4.79 Å². The molecule has 0 radical (unpaired) electrons. The largest absolute Gasteiger partial charge is 0.322 e. The predicted molar refractivity (Wildman–Crippen MR) is 68.3 cm³/mol. The van der Waals surface area contributed by atoms with Gasteiger partial charge in [-0.2, -0.15) is 5.26 Å². The van der Waals surface area contributed by atoms with Gasteiger partial charge in [0.15, 0.2) is 5.78 Å². The lowest BCUT2D eigenvalue weighted by Crippen LogP contribution is -2.37. The highest BCUT2D eigenvalue weighted by molar-refractivity contribution is 5.95. The van der Waals surface area contributed by atoms with Crippen molar-refractivity contribution in [3.63, 3.8) is 0 Å². The van der Waals surface area contributed by atoms with Gasteiger partial charge < -0.3 is 10.2 Å². The van der Waals surface area contributed by atoms with Crippen LogP contribution in [-0.2, 0) is 0 Å². The molecule has 2 amide bonds. The Bertz CT molecular complexity index is 488. The number of ketones is 1. The van der Waals surface area contributed by atoms with E-state index >= 15 is 0 Å². The molecule has 94 valence electrons. The van der Waals surface area contributed by atoms with Gasteiger partial charge in [0.25, 0.3) is 0 Å². The molecule has 0 fully saturated rings. The van der Waals surface area contributed by atoms with Gasteiger partial charge in [-0.05, 0) is 38.1 Å². The van der Waals surface area contributed by atoms with Crippen LogP contribution >= 0.6 is 0 Å². The molecule has 0 bridgehead atoms. The molecule has 5 nitrogen and oxygen atoms in total. The fourth-order valence-corrected chi connectivity index (χ4v) is 1.26. The molecule has 1 atom stereocenters. The summed E-state index contributed by atoms with van der Waals surface area (Å²) in [5.74, 6) is -0.0249. The van der Waals surface area contributed by atoms with E-state index < -0.39 is 6.04 Å². The average Bonchev–Trinajstić information content (AvgIpc) is 2.37. The van der Waals surface area contributed by atoms with E-state index in [4.69, 9.17) is 5.26 Å². The van der Waals surface area contributed by atoms with Crippen molar-refractivity contribution in [3.8, 4) is 6.07 Å². The number of benzene rings is 1. The third-order valence-electron chi connectivity index (χ3n) is 2.63. The van der Waals surface area contributed by atoms with Crippen molar-refractivity contribution in [1.29, 1.82) is 5.26 Å². The molecule has 1 unspecified atom stereocenters. The van der Waals surface area contributed by atoms with Gasteiger partial charge in [-0.25, -0.2) is 4.79 Å². The van der Waals surface area contributed by atoms with Gasteiger partial charge in [0.2, 0.25) is 0 Å². The van der Waals surface area contributed by atoms with Crippen molar-refractivity contribution in [2.24, 2.45) is 0 Å². The van der Waals surface area contributed by atoms with Crippen LogP contribution in [0, 0.1) is 11.3 Å². The Morgan fingerprint density at radius 1 is 1.33 bits per heavy atom. The lowest BCUT2D eigenvalue weighted by molar-refractivity contribution is 0.101. The van der Waals surface area contributed by atoms with Crippen LogP contribution in [0.2, 0.25) is 0 Å². The quantitative estimate of drug-likeness (QED) is 0.830. The fourth-order valence-electron chi connectivity index (χ4n) is 1.26. The zero-order valence-electron chi connectivity index (χ0n) is 10.6. The molecule has 1 rings (SSSR count). The van der Waals surface area contributed by atoms with E-state index in [9.17, 15) is 9.59 Å². The highest BCUT2D eigenvalue weighted by Crippen LogP contribution is 2.11. The Labute approximate surface area is 106 Å². The van der Waals surface area contributed by atoms with Gasteiger partial charge in [-0.15, -0.1) is 0 Å².